The van der Waals surface area contributed by atoms with Gasteiger partial charge in [0.25, 0.3) is 5.78 Å². The summed E-state index contributed by atoms with van der Waals surface area (Å²) in [6.07, 6.45) is 1.51. The van der Waals surface area contributed by atoms with E-state index in [1.54, 1.807) is 36.4 Å². The van der Waals surface area contributed by atoms with Gasteiger partial charge in [0.1, 0.15) is 23.4 Å². The van der Waals surface area contributed by atoms with Crippen molar-refractivity contribution in [2.45, 2.75) is 45.8 Å². The highest BCUT2D eigenvalue weighted by Crippen LogP contribution is 2.46. The zero-order valence-electron chi connectivity index (χ0n) is 24.2. The average molecular weight is 603 g/mol. The van der Waals surface area contributed by atoms with Gasteiger partial charge in [-0.15, -0.1) is 0 Å². The molecule has 1 fully saturated rings. The fourth-order valence-corrected chi connectivity index (χ4v) is 6.45. The third kappa shape index (κ3) is 5.31. The number of ketones is 1. The molecule has 4 aromatic rings. The predicted molar refractivity (Wildman–Crippen MR) is 163 cm³/mol. The zero-order chi connectivity index (χ0) is 30.4. The Bertz CT molecular complexity index is 1780. The van der Waals surface area contributed by atoms with Crippen LogP contribution in [-0.2, 0) is 16.0 Å². The Balaban J connectivity index is 1.49. The van der Waals surface area contributed by atoms with Crippen molar-refractivity contribution in [2.75, 3.05) is 18.6 Å². The van der Waals surface area contributed by atoms with Crippen molar-refractivity contribution in [3.63, 3.8) is 0 Å². The Labute approximate surface area is 252 Å². The summed E-state index contributed by atoms with van der Waals surface area (Å²) in [6, 6.07) is 13.5. The summed E-state index contributed by atoms with van der Waals surface area (Å²) in [5, 5.41) is 11.9. The molecule has 1 amide bonds. The molecule has 3 aromatic carbocycles. The number of methoxy groups -OCH3 is 1. The number of ether oxygens (including phenoxy) is 3. The highest BCUT2D eigenvalue weighted by atomic mass is 32.1. The first-order valence-corrected chi connectivity index (χ1v) is 14.9. The fourth-order valence-electron chi connectivity index (χ4n) is 5.44. The lowest BCUT2D eigenvalue weighted by Gasteiger charge is -2.24. The minimum Gasteiger partial charge on any atom is -0.507 e. The van der Waals surface area contributed by atoms with Crippen molar-refractivity contribution in [2.24, 2.45) is 5.92 Å². The number of anilines is 1. The Kier molecular flexibility index (Phi) is 7.56. The molecule has 222 valence electrons. The molecule has 10 heteroatoms. The molecule has 1 aromatic heterocycles. The summed E-state index contributed by atoms with van der Waals surface area (Å²) in [6.45, 7) is 6.67. The van der Waals surface area contributed by atoms with E-state index in [1.807, 2.05) is 6.92 Å². The van der Waals surface area contributed by atoms with Crippen LogP contribution in [0.5, 0.6) is 17.2 Å². The quantitative estimate of drug-likeness (QED) is 0.134. The number of rotatable bonds is 8. The number of carbonyl (C=O) groups excluding carboxylic acids is 2. The number of nitrogens with zero attached hydrogens (tertiary/aromatic N) is 2. The second-order valence-electron chi connectivity index (χ2n) is 11.2. The van der Waals surface area contributed by atoms with Crippen LogP contribution < -0.4 is 19.1 Å². The second-order valence-corrected chi connectivity index (χ2v) is 12.2. The van der Waals surface area contributed by atoms with Crippen LogP contribution in [-0.4, -0.2) is 41.6 Å². The maximum absolute atomic E-state index is 14.0. The van der Waals surface area contributed by atoms with Crippen molar-refractivity contribution >= 4 is 44.1 Å². The van der Waals surface area contributed by atoms with Gasteiger partial charge in [-0.25, -0.2) is 9.37 Å². The van der Waals surface area contributed by atoms with E-state index in [0.29, 0.717) is 51.8 Å². The van der Waals surface area contributed by atoms with Crippen LogP contribution in [0.25, 0.3) is 16.0 Å². The average Bonchev–Trinajstić information content (AvgIpc) is 3.64. The molecule has 0 aliphatic carbocycles. The fraction of sp³-hybridized carbons (Fsp3) is 0.303. The summed E-state index contributed by atoms with van der Waals surface area (Å²) in [4.78, 5) is 33.2. The van der Waals surface area contributed by atoms with E-state index in [4.69, 9.17) is 14.2 Å². The lowest BCUT2D eigenvalue weighted by Crippen LogP contribution is -2.29. The Morgan fingerprint density at radius 2 is 1.95 bits per heavy atom. The van der Waals surface area contributed by atoms with Crippen LogP contribution in [0, 0.1) is 11.7 Å². The van der Waals surface area contributed by atoms with Crippen LogP contribution >= 0.6 is 11.3 Å². The Hall–Kier alpha value is -4.44. The van der Waals surface area contributed by atoms with Gasteiger partial charge in [-0.05, 0) is 78.9 Å². The largest absolute Gasteiger partial charge is 0.507 e. The molecule has 2 atom stereocenters. The number of thiazole rings is 1. The van der Waals surface area contributed by atoms with Gasteiger partial charge in [0.15, 0.2) is 16.6 Å². The smallest absolute Gasteiger partial charge is 0.301 e. The molecule has 3 heterocycles. The maximum Gasteiger partial charge on any atom is 0.301 e. The number of fused-ring (bicyclic) bond motifs is 2. The first-order valence-electron chi connectivity index (χ1n) is 14.1. The summed E-state index contributed by atoms with van der Waals surface area (Å²) in [5.41, 5.74) is 2.21. The van der Waals surface area contributed by atoms with Gasteiger partial charge in [-0.3, -0.25) is 14.5 Å². The van der Waals surface area contributed by atoms with Crippen molar-refractivity contribution in [1.29, 1.82) is 0 Å². The highest BCUT2D eigenvalue weighted by molar-refractivity contribution is 7.22. The number of aromatic nitrogens is 1. The molecular weight excluding hydrogens is 571 g/mol. The first-order chi connectivity index (χ1) is 20.6. The van der Waals surface area contributed by atoms with Crippen LogP contribution in [0.15, 0.2) is 60.2 Å². The van der Waals surface area contributed by atoms with Gasteiger partial charge in [-0.1, -0.05) is 31.3 Å². The number of carbonyl (C=O) groups is 2. The molecule has 6 rings (SSSR count). The number of hydrogen-bond acceptors (Lipinski definition) is 8. The monoisotopic (exact) mass is 602 g/mol. The molecule has 0 saturated carbocycles. The van der Waals surface area contributed by atoms with Crippen molar-refractivity contribution in [3.8, 4) is 17.2 Å². The number of aliphatic hydroxyl groups excluding tert-OH is 1. The molecule has 1 N–H and O–H groups in total. The minimum atomic E-state index is -1.03. The van der Waals surface area contributed by atoms with E-state index < -0.39 is 23.5 Å². The lowest BCUT2D eigenvalue weighted by atomic mass is 9.94. The van der Waals surface area contributed by atoms with E-state index >= 15 is 0 Å². The van der Waals surface area contributed by atoms with Crippen molar-refractivity contribution in [3.05, 3.63) is 82.7 Å². The normalized spacial score (nSPS) is 19.3. The van der Waals surface area contributed by atoms with Crippen LogP contribution in [0.4, 0.5) is 9.52 Å². The molecule has 8 nitrogen and oxygen atoms in total. The third-order valence-corrected chi connectivity index (χ3v) is 8.63. The Morgan fingerprint density at radius 1 is 1.14 bits per heavy atom. The molecule has 2 aliphatic rings. The Morgan fingerprint density at radius 3 is 2.72 bits per heavy atom. The zero-order valence-corrected chi connectivity index (χ0v) is 25.0. The van der Waals surface area contributed by atoms with Crippen molar-refractivity contribution in [1.82, 2.24) is 4.98 Å². The number of halogens is 1. The molecule has 0 unspecified atom stereocenters. The van der Waals surface area contributed by atoms with Crippen LogP contribution in [0.1, 0.15) is 49.9 Å². The predicted octanol–water partition coefficient (Wildman–Crippen LogP) is 6.82. The van der Waals surface area contributed by atoms with Gasteiger partial charge in [0.05, 0.1) is 35.5 Å². The van der Waals surface area contributed by atoms with E-state index in [9.17, 15) is 19.1 Å². The maximum atomic E-state index is 14.0. The molecule has 43 heavy (non-hydrogen) atoms. The minimum absolute atomic E-state index is 0.00409. The first kappa shape index (κ1) is 28.7. The van der Waals surface area contributed by atoms with Crippen molar-refractivity contribution < 1.29 is 33.3 Å². The van der Waals surface area contributed by atoms with Gasteiger partial charge < -0.3 is 19.3 Å². The molecule has 1 saturated heterocycles. The van der Waals surface area contributed by atoms with Gasteiger partial charge in [-0.2, -0.15) is 0 Å². The summed E-state index contributed by atoms with van der Waals surface area (Å²) < 4.78 is 31.9. The molecule has 0 bridgehead atoms. The summed E-state index contributed by atoms with van der Waals surface area (Å²) >= 11 is 1.09. The van der Waals surface area contributed by atoms with Gasteiger partial charge in [0, 0.05) is 12.0 Å². The molecular formula is C33H31FN2O6S. The van der Waals surface area contributed by atoms with E-state index in [-0.39, 0.29) is 22.6 Å². The number of benzene rings is 3. The number of Topliss-reactive ketones (excluding diaryl/α,β-unsaturated/α-hetero) is 1. The van der Waals surface area contributed by atoms with Gasteiger partial charge in [0.2, 0.25) is 0 Å². The number of hydrogen-bond donors (Lipinski definition) is 1. The molecule has 2 aliphatic heterocycles. The summed E-state index contributed by atoms with van der Waals surface area (Å²) in [5.74, 6) is -0.323. The van der Waals surface area contributed by atoms with Gasteiger partial charge >= 0.3 is 5.91 Å². The third-order valence-electron chi connectivity index (χ3n) is 7.62. The topological polar surface area (TPSA) is 98.2 Å². The molecule has 0 radical (unpaired) electrons. The van der Waals surface area contributed by atoms with E-state index in [0.717, 1.165) is 29.1 Å². The standard InChI is InChI=1S/C33H31FN2O6S/c1-17(2)11-12-41-25-10-5-19(15-26(25)40-4)29-28(30(37)20-6-9-24-21(14-20)13-18(3)42-24)31(38)32(39)36(29)33-35-23-8-7-22(34)16-27(23)43-33/h5-10,14-18,29,37H,11-13H2,1-4H3/b30-28+/t18-,29-/m0/s1. The van der Waals surface area contributed by atoms with Crippen LogP contribution in [0.2, 0.25) is 0 Å². The number of amides is 1. The van der Waals surface area contributed by atoms with E-state index in [2.05, 4.69) is 18.8 Å². The van der Waals surface area contributed by atoms with E-state index in [1.165, 1.54) is 30.2 Å². The van der Waals surface area contributed by atoms with Crippen LogP contribution in [0.3, 0.4) is 0 Å². The number of aliphatic hydroxyl groups is 1. The highest BCUT2D eigenvalue weighted by Gasteiger charge is 2.48. The molecule has 0 spiro atoms. The lowest BCUT2D eigenvalue weighted by molar-refractivity contribution is -0.132. The summed E-state index contributed by atoms with van der Waals surface area (Å²) in [7, 11) is 1.51. The second kappa shape index (κ2) is 11.3. The SMILES string of the molecule is COc1cc([C@H]2/C(=C(\O)c3ccc4c(c3)C[C@H](C)O4)C(=O)C(=O)N2c2nc3ccc(F)cc3s2)ccc1OCCC(C)C.